The van der Waals surface area contributed by atoms with E-state index in [0.717, 1.165) is 10.6 Å². The van der Waals surface area contributed by atoms with Crippen LogP contribution in [0, 0.1) is 13.8 Å². The lowest BCUT2D eigenvalue weighted by Gasteiger charge is -2.15. The van der Waals surface area contributed by atoms with E-state index in [4.69, 9.17) is 4.52 Å². The van der Waals surface area contributed by atoms with E-state index >= 15 is 0 Å². The molecule has 0 aliphatic heterocycles. The number of nitrogens with one attached hydrogen (secondary N) is 1. The van der Waals surface area contributed by atoms with Gasteiger partial charge in [-0.3, -0.25) is 23.7 Å². The summed E-state index contributed by atoms with van der Waals surface area (Å²) < 4.78 is 48.6. The number of fused-ring (bicyclic) bond motifs is 1. The number of pyridine rings is 2. The molecule has 212 valence electrons. The molecule has 0 saturated heterocycles. The molecule has 0 aliphatic carbocycles. The Kier molecular flexibility index (Phi) is 6.80. The standard InChI is InChI=1S/C26H23F3N8O4/c1-13-8-17(34-41-13)11-36-24(39)21-22(35(4)25(36)40)31-12-37(21)15(3)23(38)33-20-7-5-6-19(32-20)16-9-18(26(27,28)29)14(2)30-10-16/h5-10,12,15H,11H2,1-4H3,(H,32,33,38)/t15-/m0/s1. The van der Waals surface area contributed by atoms with Gasteiger partial charge in [-0.15, -0.1) is 0 Å². The van der Waals surface area contributed by atoms with Gasteiger partial charge in [0.1, 0.15) is 23.3 Å². The fourth-order valence-electron chi connectivity index (χ4n) is 4.36. The van der Waals surface area contributed by atoms with Gasteiger partial charge in [-0.2, -0.15) is 13.2 Å². The van der Waals surface area contributed by atoms with Crippen molar-refractivity contribution in [2.75, 3.05) is 5.32 Å². The number of aryl methyl sites for hydroxylation is 3. The number of hydrogen-bond acceptors (Lipinski definition) is 8. The van der Waals surface area contributed by atoms with Crippen LogP contribution in [-0.2, 0) is 24.6 Å². The van der Waals surface area contributed by atoms with Crippen LogP contribution in [0.15, 0.2) is 57.0 Å². The van der Waals surface area contributed by atoms with Crippen molar-refractivity contribution in [3.63, 3.8) is 0 Å². The Bertz CT molecular complexity index is 1920. The van der Waals surface area contributed by atoms with Crippen molar-refractivity contribution in [2.24, 2.45) is 7.05 Å². The van der Waals surface area contributed by atoms with Crippen molar-refractivity contribution in [3.8, 4) is 11.3 Å². The predicted molar refractivity (Wildman–Crippen MR) is 140 cm³/mol. The maximum Gasteiger partial charge on any atom is 0.418 e. The molecule has 15 heteroatoms. The zero-order valence-corrected chi connectivity index (χ0v) is 22.2. The minimum Gasteiger partial charge on any atom is -0.361 e. The number of carbonyl (C=O) groups is 1. The zero-order chi connectivity index (χ0) is 29.6. The molecule has 0 spiro atoms. The number of alkyl halides is 3. The lowest BCUT2D eigenvalue weighted by Crippen LogP contribution is -2.40. The fourth-order valence-corrected chi connectivity index (χ4v) is 4.36. The lowest BCUT2D eigenvalue weighted by molar-refractivity contribution is -0.138. The number of nitrogens with zero attached hydrogens (tertiary/aromatic N) is 7. The third kappa shape index (κ3) is 5.13. The normalized spacial score (nSPS) is 12.6. The summed E-state index contributed by atoms with van der Waals surface area (Å²) >= 11 is 0. The number of carbonyl (C=O) groups excluding carboxylic acids is 1. The number of halogens is 3. The van der Waals surface area contributed by atoms with Gasteiger partial charge in [0.15, 0.2) is 11.2 Å². The monoisotopic (exact) mass is 568 g/mol. The van der Waals surface area contributed by atoms with Gasteiger partial charge in [-0.05, 0) is 39.0 Å². The van der Waals surface area contributed by atoms with Crippen LogP contribution in [0.3, 0.4) is 0 Å². The Balaban J connectivity index is 1.45. The molecular formula is C26H23F3N8O4. The summed E-state index contributed by atoms with van der Waals surface area (Å²) in [6, 6.07) is 6.06. The highest BCUT2D eigenvalue weighted by Crippen LogP contribution is 2.33. The molecule has 12 nitrogen and oxygen atoms in total. The third-order valence-electron chi connectivity index (χ3n) is 6.54. The van der Waals surface area contributed by atoms with E-state index in [2.05, 4.69) is 25.4 Å². The van der Waals surface area contributed by atoms with Crippen molar-refractivity contribution in [3.05, 3.63) is 86.4 Å². The van der Waals surface area contributed by atoms with Crippen LogP contribution in [0.1, 0.15) is 35.7 Å². The molecule has 1 atom stereocenters. The van der Waals surface area contributed by atoms with Gasteiger partial charge in [0.25, 0.3) is 5.56 Å². The maximum absolute atomic E-state index is 13.4. The van der Waals surface area contributed by atoms with Crippen LogP contribution >= 0.6 is 0 Å². The average Bonchev–Trinajstić information content (AvgIpc) is 3.55. The van der Waals surface area contributed by atoms with Gasteiger partial charge in [0.2, 0.25) is 5.91 Å². The molecule has 5 heterocycles. The molecule has 0 aliphatic rings. The van der Waals surface area contributed by atoms with Gasteiger partial charge in [0.05, 0.1) is 24.1 Å². The summed E-state index contributed by atoms with van der Waals surface area (Å²) in [4.78, 5) is 51.8. The van der Waals surface area contributed by atoms with Crippen LogP contribution in [0.25, 0.3) is 22.4 Å². The second-order valence-electron chi connectivity index (χ2n) is 9.41. The van der Waals surface area contributed by atoms with Crippen molar-refractivity contribution in [2.45, 2.75) is 39.5 Å². The summed E-state index contributed by atoms with van der Waals surface area (Å²) in [5, 5.41) is 6.46. The second kappa shape index (κ2) is 10.1. The smallest absolute Gasteiger partial charge is 0.361 e. The zero-order valence-electron chi connectivity index (χ0n) is 22.2. The van der Waals surface area contributed by atoms with E-state index in [0.29, 0.717) is 11.5 Å². The quantitative estimate of drug-likeness (QED) is 0.329. The Hall–Kier alpha value is -5.08. The molecule has 1 amide bonds. The first-order valence-electron chi connectivity index (χ1n) is 12.3. The van der Waals surface area contributed by atoms with Crippen LogP contribution in [-0.4, -0.2) is 39.7 Å². The van der Waals surface area contributed by atoms with Crippen molar-refractivity contribution in [1.29, 1.82) is 0 Å². The first kappa shape index (κ1) is 27.5. The summed E-state index contributed by atoms with van der Waals surface area (Å²) in [6.45, 7) is 4.32. The van der Waals surface area contributed by atoms with Crippen LogP contribution in [0.5, 0.6) is 0 Å². The van der Waals surface area contributed by atoms with E-state index in [1.54, 1.807) is 13.0 Å². The summed E-state index contributed by atoms with van der Waals surface area (Å²) in [6.07, 6.45) is -2.03. The van der Waals surface area contributed by atoms with E-state index < -0.39 is 34.9 Å². The Labute approximate surface area is 229 Å². The Morgan fingerprint density at radius 2 is 1.90 bits per heavy atom. The molecule has 5 aromatic heterocycles. The number of rotatable bonds is 6. The van der Waals surface area contributed by atoms with Crippen molar-refractivity contribution < 1.29 is 22.5 Å². The first-order chi connectivity index (χ1) is 19.3. The molecule has 5 aromatic rings. The van der Waals surface area contributed by atoms with Crippen molar-refractivity contribution in [1.82, 2.24) is 33.8 Å². The molecule has 0 radical (unpaired) electrons. The number of aromatic nitrogens is 7. The largest absolute Gasteiger partial charge is 0.418 e. The number of hydrogen-bond donors (Lipinski definition) is 1. The molecule has 41 heavy (non-hydrogen) atoms. The first-order valence-corrected chi connectivity index (χ1v) is 12.3. The molecule has 5 rings (SSSR count). The van der Waals surface area contributed by atoms with E-state index in [1.807, 2.05) is 0 Å². The van der Waals surface area contributed by atoms with Crippen LogP contribution in [0.2, 0.25) is 0 Å². The third-order valence-corrected chi connectivity index (χ3v) is 6.54. The van der Waals surface area contributed by atoms with Crippen molar-refractivity contribution >= 4 is 22.9 Å². The molecule has 0 fully saturated rings. The van der Waals surface area contributed by atoms with Gasteiger partial charge in [0, 0.05) is 30.6 Å². The highest BCUT2D eigenvalue weighted by molar-refractivity contribution is 5.93. The molecular weight excluding hydrogens is 545 g/mol. The van der Waals surface area contributed by atoms with Gasteiger partial charge in [-0.1, -0.05) is 11.2 Å². The van der Waals surface area contributed by atoms with E-state index in [9.17, 15) is 27.6 Å². The molecule has 0 unspecified atom stereocenters. The average molecular weight is 569 g/mol. The summed E-state index contributed by atoms with van der Waals surface area (Å²) in [5.74, 6) is 0.00130. The van der Waals surface area contributed by atoms with Crippen LogP contribution < -0.4 is 16.6 Å². The van der Waals surface area contributed by atoms with Crippen LogP contribution in [0.4, 0.5) is 19.0 Å². The fraction of sp³-hybridized carbons (Fsp3) is 0.269. The maximum atomic E-state index is 13.4. The van der Waals surface area contributed by atoms with Gasteiger partial charge < -0.3 is 14.4 Å². The predicted octanol–water partition coefficient (Wildman–Crippen LogP) is 3.23. The Morgan fingerprint density at radius 3 is 2.59 bits per heavy atom. The van der Waals surface area contributed by atoms with E-state index in [-0.39, 0.29) is 40.5 Å². The molecule has 0 saturated carbocycles. The topological polar surface area (TPSA) is 143 Å². The molecule has 0 bridgehead atoms. The summed E-state index contributed by atoms with van der Waals surface area (Å²) in [5.41, 5.74) is -1.58. The van der Waals surface area contributed by atoms with Gasteiger partial charge >= 0.3 is 11.9 Å². The molecule has 0 aromatic carbocycles. The number of anilines is 1. The Morgan fingerprint density at radius 1 is 1.15 bits per heavy atom. The number of amides is 1. The number of imidazole rings is 1. The van der Waals surface area contributed by atoms with E-state index in [1.165, 1.54) is 60.8 Å². The summed E-state index contributed by atoms with van der Waals surface area (Å²) in [7, 11) is 1.45. The highest BCUT2D eigenvalue weighted by atomic mass is 19.4. The minimum atomic E-state index is -4.59. The second-order valence-corrected chi connectivity index (χ2v) is 9.41. The SMILES string of the molecule is Cc1cc(Cn2c(=O)c3c(ncn3[C@@H](C)C(=O)Nc3cccc(-c4cnc(C)c(C(F)(F)F)c4)n3)n(C)c2=O)no1. The minimum absolute atomic E-state index is 0.0158. The van der Waals surface area contributed by atoms with Gasteiger partial charge in [-0.25, -0.2) is 14.8 Å². The molecule has 1 N–H and O–H groups in total. The lowest BCUT2D eigenvalue weighted by atomic mass is 10.1. The highest BCUT2D eigenvalue weighted by Gasteiger charge is 2.33.